The van der Waals surface area contributed by atoms with Gasteiger partial charge in [-0.25, -0.2) is 14.5 Å². The Labute approximate surface area is 193 Å². The van der Waals surface area contributed by atoms with Crippen molar-refractivity contribution in [3.63, 3.8) is 0 Å². The second-order valence-corrected chi connectivity index (χ2v) is 6.94. The molecule has 10 nitrogen and oxygen atoms in total. The van der Waals surface area contributed by atoms with Gasteiger partial charge in [-0.15, -0.1) is 0 Å². The van der Waals surface area contributed by atoms with Gasteiger partial charge in [0.05, 0.1) is 26.2 Å². The van der Waals surface area contributed by atoms with Gasteiger partial charge in [-0.2, -0.15) is 0 Å². The van der Waals surface area contributed by atoms with Crippen LogP contribution in [0.2, 0.25) is 0 Å². The summed E-state index contributed by atoms with van der Waals surface area (Å²) in [5.41, 5.74) is 0.357. The number of rotatable bonds is 6. The molecule has 4 amide bonds. The van der Waals surface area contributed by atoms with Gasteiger partial charge in [0.1, 0.15) is 11.3 Å². The number of amides is 4. The zero-order valence-corrected chi connectivity index (χ0v) is 18.1. The largest absolute Gasteiger partial charge is 0.497 e. The summed E-state index contributed by atoms with van der Waals surface area (Å²) in [5, 5.41) is 2.15. The number of esters is 1. The first-order valence-electron chi connectivity index (χ1n) is 9.90. The maximum absolute atomic E-state index is 13.1. The number of hydrogen-bond acceptors (Lipinski definition) is 8. The Bertz CT molecular complexity index is 1310. The highest BCUT2D eigenvalue weighted by Gasteiger charge is 2.37. The number of nitrogens with one attached hydrogen (secondary N) is 1. The smallest absolute Gasteiger partial charge is 0.379 e. The van der Waals surface area contributed by atoms with Crippen LogP contribution < -0.4 is 24.4 Å². The van der Waals surface area contributed by atoms with Gasteiger partial charge >= 0.3 is 12.0 Å². The van der Waals surface area contributed by atoms with Crippen molar-refractivity contribution < 1.29 is 37.8 Å². The average molecular weight is 462 g/mol. The average Bonchev–Trinajstić information content (AvgIpc) is 3.38. The lowest BCUT2D eigenvalue weighted by molar-refractivity contribution is -0.122. The van der Waals surface area contributed by atoms with E-state index in [2.05, 4.69) is 5.32 Å². The van der Waals surface area contributed by atoms with E-state index in [1.165, 1.54) is 56.9 Å². The number of hydrogen-bond donors (Lipinski definition) is 1. The second-order valence-electron chi connectivity index (χ2n) is 6.94. The molecule has 1 N–H and O–H groups in total. The van der Waals surface area contributed by atoms with E-state index in [9.17, 15) is 19.2 Å². The molecular weight excluding hydrogens is 444 g/mol. The Morgan fingerprint density at radius 1 is 0.971 bits per heavy atom. The molecule has 4 rings (SSSR count). The van der Waals surface area contributed by atoms with Crippen molar-refractivity contribution in [2.75, 3.05) is 19.1 Å². The van der Waals surface area contributed by atoms with Crippen LogP contribution in [-0.2, 0) is 9.59 Å². The molecule has 0 bridgehead atoms. The first-order chi connectivity index (χ1) is 16.4. The summed E-state index contributed by atoms with van der Waals surface area (Å²) in [5.74, 6) is -1.64. The van der Waals surface area contributed by atoms with Crippen LogP contribution in [0, 0.1) is 0 Å². The lowest BCUT2D eigenvalue weighted by Gasteiger charge is -2.26. The Balaban J connectivity index is 1.64. The van der Waals surface area contributed by atoms with E-state index in [-0.39, 0.29) is 28.5 Å². The Hall–Kier alpha value is -4.86. The highest BCUT2D eigenvalue weighted by molar-refractivity contribution is 6.39. The summed E-state index contributed by atoms with van der Waals surface area (Å²) in [6.07, 6.45) is 2.65. The molecule has 1 saturated heterocycles. The molecule has 2 heterocycles. The van der Waals surface area contributed by atoms with Crippen molar-refractivity contribution in [2.45, 2.75) is 0 Å². The SMILES string of the molecule is COc1cccc(N2C(=O)NC(=O)/C(=C\c3ccc(OC(=O)c4ccco4)c(OC)c3)C2=O)c1. The number of benzene rings is 2. The summed E-state index contributed by atoms with van der Waals surface area (Å²) in [4.78, 5) is 50.9. The molecule has 172 valence electrons. The summed E-state index contributed by atoms with van der Waals surface area (Å²) in [7, 11) is 2.83. The van der Waals surface area contributed by atoms with Crippen LogP contribution in [0.5, 0.6) is 17.2 Å². The fourth-order valence-electron chi connectivity index (χ4n) is 3.21. The summed E-state index contributed by atoms with van der Waals surface area (Å²) >= 11 is 0. The monoisotopic (exact) mass is 462 g/mol. The van der Waals surface area contributed by atoms with Crippen LogP contribution >= 0.6 is 0 Å². The van der Waals surface area contributed by atoms with Gasteiger partial charge < -0.3 is 18.6 Å². The van der Waals surface area contributed by atoms with Gasteiger partial charge in [0.25, 0.3) is 11.8 Å². The molecule has 0 spiro atoms. The molecule has 1 aliphatic rings. The van der Waals surface area contributed by atoms with E-state index in [4.69, 9.17) is 18.6 Å². The number of imide groups is 2. The molecule has 1 fully saturated rings. The van der Waals surface area contributed by atoms with Crippen molar-refractivity contribution >= 4 is 35.6 Å². The van der Waals surface area contributed by atoms with Crippen LogP contribution in [-0.4, -0.2) is 38.0 Å². The van der Waals surface area contributed by atoms with Crippen molar-refractivity contribution in [1.29, 1.82) is 0 Å². The van der Waals surface area contributed by atoms with Gasteiger partial charge in [0.15, 0.2) is 11.5 Å². The number of carbonyl (C=O) groups excluding carboxylic acids is 4. The maximum Gasteiger partial charge on any atom is 0.379 e. The number of urea groups is 1. The van der Waals surface area contributed by atoms with Gasteiger partial charge in [-0.1, -0.05) is 12.1 Å². The fraction of sp³-hybridized carbons (Fsp3) is 0.0833. The Kier molecular flexibility index (Phi) is 6.13. The molecule has 3 aromatic rings. The number of anilines is 1. The molecule has 0 atom stereocenters. The van der Waals surface area contributed by atoms with Crippen LogP contribution in [0.4, 0.5) is 10.5 Å². The quantitative estimate of drug-likeness (QED) is 0.256. The number of carbonyl (C=O) groups is 4. The highest BCUT2D eigenvalue weighted by Crippen LogP contribution is 2.31. The standard InChI is InChI=1S/C24H18N2O8/c1-31-16-6-3-5-15(13-16)26-22(28)17(21(27)25-24(26)30)11-14-8-9-18(20(12-14)32-2)34-23(29)19-7-4-10-33-19/h3-13H,1-2H3,(H,25,27,30)/b17-11+. The van der Waals surface area contributed by atoms with Crippen LogP contribution in [0.25, 0.3) is 6.08 Å². The van der Waals surface area contributed by atoms with Crippen LogP contribution in [0.3, 0.4) is 0 Å². The number of barbiturate groups is 1. The summed E-state index contributed by atoms with van der Waals surface area (Å²) < 4.78 is 20.7. The van der Waals surface area contributed by atoms with Crippen LogP contribution in [0.15, 0.2) is 70.9 Å². The molecule has 1 aliphatic heterocycles. The Morgan fingerprint density at radius 3 is 2.50 bits per heavy atom. The molecule has 0 unspecified atom stereocenters. The Morgan fingerprint density at radius 2 is 1.79 bits per heavy atom. The predicted molar refractivity (Wildman–Crippen MR) is 119 cm³/mol. The molecule has 1 aromatic heterocycles. The van der Waals surface area contributed by atoms with Crippen molar-refractivity contribution in [3.8, 4) is 17.2 Å². The molecule has 10 heteroatoms. The topological polar surface area (TPSA) is 124 Å². The van der Waals surface area contributed by atoms with Gasteiger partial charge in [0.2, 0.25) is 5.76 Å². The third kappa shape index (κ3) is 4.37. The zero-order chi connectivity index (χ0) is 24.2. The molecule has 34 heavy (non-hydrogen) atoms. The van der Waals surface area contributed by atoms with Gasteiger partial charge in [-0.3, -0.25) is 14.9 Å². The van der Waals surface area contributed by atoms with Gasteiger partial charge in [-0.05, 0) is 48.0 Å². The van der Waals surface area contributed by atoms with E-state index >= 15 is 0 Å². The molecule has 2 aromatic carbocycles. The highest BCUT2D eigenvalue weighted by atomic mass is 16.6. The van der Waals surface area contributed by atoms with Gasteiger partial charge in [0, 0.05) is 6.07 Å². The lowest BCUT2D eigenvalue weighted by atomic mass is 10.1. The van der Waals surface area contributed by atoms with Crippen molar-refractivity contribution in [1.82, 2.24) is 5.32 Å². The van der Waals surface area contributed by atoms with Crippen molar-refractivity contribution in [3.05, 3.63) is 77.8 Å². The number of methoxy groups -OCH3 is 2. The molecule has 0 saturated carbocycles. The normalized spacial score (nSPS) is 14.7. The fourth-order valence-corrected chi connectivity index (χ4v) is 3.21. The number of ether oxygens (including phenoxy) is 3. The first-order valence-corrected chi connectivity index (χ1v) is 9.90. The van der Waals surface area contributed by atoms with E-state index in [1.807, 2.05) is 0 Å². The third-order valence-electron chi connectivity index (χ3n) is 4.84. The zero-order valence-electron chi connectivity index (χ0n) is 18.1. The molecular formula is C24H18N2O8. The van der Waals surface area contributed by atoms with Crippen LogP contribution in [0.1, 0.15) is 16.1 Å². The van der Waals surface area contributed by atoms with E-state index in [0.717, 1.165) is 4.90 Å². The van der Waals surface area contributed by atoms with Crippen molar-refractivity contribution in [2.24, 2.45) is 0 Å². The number of furan rings is 1. The predicted octanol–water partition coefficient (Wildman–Crippen LogP) is 3.18. The molecule has 0 radical (unpaired) electrons. The second kappa shape index (κ2) is 9.33. The summed E-state index contributed by atoms with van der Waals surface area (Å²) in [6, 6.07) is 12.9. The van der Waals surface area contributed by atoms with E-state index < -0.39 is 23.8 Å². The minimum Gasteiger partial charge on any atom is -0.497 e. The first kappa shape index (κ1) is 22.3. The minimum absolute atomic E-state index is 0.0139. The summed E-state index contributed by atoms with van der Waals surface area (Å²) in [6.45, 7) is 0. The lowest BCUT2D eigenvalue weighted by Crippen LogP contribution is -2.54. The van der Waals surface area contributed by atoms with E-state index in [1.54, 1.807) is 24.3 Å². The number of nitrogens with zero attached hydrogens (tertiary/aromatic N) is 1. The minimum atomic E-state index is -0.877. The maximum atomic E-state index is 13.1. The molecule has 0 aliphatic carbocycles. The van der Waals surface area contributed by atoms with E-state index in [0.29, 0.717) is 11.3 Å². The third-order valence-corrected chi connectivity index (χ3v) is 4.84.